The lowest BCUT2D eigenvalue weighted by atomic mass is 10.1. The van der Waals surface area contributed by atoms with Crippen LogP contribution < -0.4 is 9.62 Å². The molecule has 1 unspecified atom stereocenters. The highest BCUT2D eigenvalue weighted by Gasteiger charge is 2.27. The predicted octanol–water partition coefficient (Wildman–Crippen LogP) is 5.44. The molecule has 0 fully saturated rings. The lowest BCUT2D eigenvalue weighted by molar-refractivity contribution is -0.140. The van der Waals surface area contributed by atoms with Gasteiger partial charge in [0.2, 0.25) is 21.8 Å². The molecule has 7 nitrogen and oxygen atoms in total. The van der Waals surface area contributed by atoms with Crippen LogP contribution in [0.5, 0.6) is 0 Å². The summed E-state index contributed by atoms with van der Waals surface area (Å²) in [6.07, 6.45) is 1.39. The highest BCUT2D eigenvalue weighted by Crippen LogP contribution is 2.29. The molecule has 11 heteroatoms. The molecule has 0 radical (unpaired) electrons. The van der Waals surface area contributed by atoms with Gasteiger partial charge in [-0.05, 0) is 69.5 Å². The second-order valence-electron chi connectivity index (χ2n) is 8.93. The van der Waals surface area contributed by atoms with Gasteiger partial charge < -0.3 is 10.2 Å². The Hall–Kier alpha value is -2.00. The number of nitrogens with zero attached hydrogens (tertiary/aromatic N) is 2. The number of hydrogen-bond donors (Lipinski definition) is 1. The van der Waals surface area contributed by atoms with E-state index in [1.165, 1.54) is 9.21 Å². The lowest BCUT2D eigenvalue weighted by Crippen LogP contribution is -2.49. The van der Waals surface area contributed by atoms with Gasteiger partial charge in [0.15, 0.2) is 0 Å². The maximum atomic E-state index is 13.3. The molecule has 36 heavy (non-hydrogen) atoms. The van der Waals surface area contributed by atoms with E-state index in [4.69, 9.17) is 34.8 Å². The topological polar surface area (TPSA) is 86.8 Å². The molecule has 1 N–H and O–H groups in total. The smallest absolute Gasteiger partial charge is 0.242 e. The fourth-order valence-electron chi connectivity index (χ4n) is 3.67. The second kappa shape index (κ2) is 13.0. The molecule has 0 aromatic heterocycles. The Bertz CT molecular complexity index is 1210. The number of halogens is 3. The Morgan fingerprint density at radius 1 is 1.00 bits per heavy atom. The highest BCUT2D eigenvalue weighted by atomic mass is 35.5. The van der Waals surface area contributed by atoms with Crippen LogP contribution in [0.1, 0.15) is 44.7 Å². The third kappa shape index (κ3) is 8.26. The summed E-state index contributed by atoms with van der Waals surface area (Å²) in [7, 11) is -3.62. The van der Waals surface area contributed by atoms with E-state index in [2.05, 4.69) is 5.32 Å². The first kappa shape index (κ1) is 30.2. The number of anilines is 1. The maximum Gasteiger partial charge on any atom is 0.242 e. The quantitative estimate of drug-likeness (QED) is 0.386. The van der Waals surface area contributed by atoms with E-state index in [1.54, 1.807) is 50.2 Å². The van der Waals surface area contributed by atoms with E-state index in [9.17, 15) is 18.0 Å². The van der Waals surface area contributed by atoms with Gasteiger partial charge in [0.1, 0.15) is 6.04 Å². The first-order valence-corrected chi connectivity index (χ1v) is 14.5. The van der Waals surface area contributed by atoms with Gasteiger partial charge in [-0.3, -0.25) is 13.9 Å². The molecule has 0 aliphatic heterocycles. The van der Waals surface area contributed by atoms with Gasteiger partial charge in [-0.15, -0.1) is 0 Å². The number of benzene rings is 2. The second-order valence-corrected chi connectivity index (χ2v) is 12.1. The first-order valence-electron chi connectivity index (χ1n) is 11.5. The molecule has 2 amide bonds. The standard InChI is InChI=1S/C25H32Cl3N3O4S/c1-16(2)29-25(33)18(4)30(15-19-11-12-21(27)22(28)14-19)24(32)10-7-13-31(36(5,34)35)23-9-6-8-20(26)17(23)3/h6,8-9,11-12,14,16,18H,7,10,13,15H2,1-5H3,(H,29,33). The van der Waals surface area contributed by atoms with Crippen LogP contribution in [-0.4, -0.2) is 50.0 Å². The van der Waals surface area contributed by atoms with Gasteiger partial charge in [-0.1, -0.05) is 46.9 Å². The number of sulfonamides is 1. The van der Waals surface area contributed by atoms with Crippen LogP contribution in [0.25, 0.3) is 0 Å². The Kier molecular flexibility index (Phi) is 10.9. The number of rotatable bonds is 11. The number of carbonyl (C=O) groups is 2. The zero-order valence-electron chi connectivity index (χ0n) is 21.0. The van der Waals surface area contributed by atoms with E-state index in [1.807, 2.05) is 13.8 Å². The van der Waals surface area contributed by atoms with Crippen LogP contribution in [-0.2, 0) is 26.2 Å². The van der Waals surface area contributed by atoms with Crippen molar-refractivity contribution in [3.8, 4) is 0 Å². The van der Waals surface area contributed by atoms with Crippen LogP contribution >= 0.6 is 34.8 Å². The van der Waals surface area contributed by atoms with Crippen molar-refractivity contribution >= 4 is 62.3 Å². The Morgan fingerprint density at radius 2 is 1.67 bits per heavy atom. The highest BCUT2D eigenvalue weighted by molar-refractivity contribution is 7.92. The van der Waals surface area contributed by atoms with Crippen molar-refractivity contribution in [1.29, 1.82) is 0 Å². The summed E-state index contributed by atoms with van der Waals surface area (Å²) in [5, 5.41) is 4.02. The van der Waals surface area contributed by atoms with Gasteiger partial charge in [0.05, 0.1) is 22.0 Å². The van der Waals surface area contributed by atoms with Gasteiger partial charge in [-0.2, -0.15) is 0 Å². The third-order valence-electron chi connectivity index (χ3n) is 5.60. The average molecular weight is 577 g/mol. The summed E-state index contributed by atoms with van der Waals surface area (Å²) < 4.78 is 26.3. The molecule has 1 atom stereocenters. The molecule has 2 aromatic carbocycles. The maximum absolute atomic E-state index is 13.3. The van der Waals surface area contributed by atoms with Crippen LogP contribution in [0, 0.1) is 6.92 Å². The number of nitrogens with one attached hydrogen (secondary N) is 1. The molecule has 0 saturated carbocycles. The van der Waals surface area contributed by atoms with E-state index >= 15 is 0 Å². The van der Waals surface area contributed by atoms with Crippen molar-refractivity contribution in [3.05, 3.63) is 62.6 Å². The zero-order valence-corrected chi connectivity index (χ0v) is 24.1. The van der Waals surface area contributed by atoms with Gasteiger partial charge >= 0.3 is 0 Å². The Morgan fingerprint density at radius 3 is 2.25 bits per heavy atom. The minimum Gasteiger partial charge on any atom is -0.352 e. The van der Waals surface area contributed by atoms with Crippen LogP contribution in [0.2, 0.25) is 15.1 Å². The van der Waals surface area contributed by atoms with Crippen LogP contribution in [0.3, 0.4) is 0 Å². The summed E-state index contributed by atoms with van der Waals surface area (Å²) in [5.41, 5.74) is 1.82. The average Bonchev–Trinajstić information content (AvgIpc) is 2.77. The van der Waals surface area contributed by atoms with Gasteiger partial charge in [-0.25, -0.2) is 8.42 Å². The fourth-order valence-corrected chi connectivity index (χ4v) is 5.18. The summed E-state index contributed by atoms with van der Waals surface area (Å²) in [6.45, 7) is 7.31. The molecular weight excluding hydrogens is 545 g/mol. The number of amides is 2. The molecule has 0 aliphatic carbocycles. The van der Waals surface area contributed by atoms with Gasteiger partial charge in [0.25, 0.3) is 0 Å². The summed E-state index contributed by atoms with van der Waals surface area (Å²) in [6, 6.07) is 9.24. The van der Waals surface area contributed by atoms with Gasteiger partial charge in [0, 0.05) is 30.6 Å². The molecule has 0 saturated heterocycles. The van der Waals surface area contributed by atoms with Crippen molar-refractivity contribution in [2.24, 2.45) is 0 Å². The van der Waals surface area contributed by atoms with E-state index in [-0.39, 0.29) is 43.8 Å². The molecule has 2 rings (SSSR count). The molecule has 0 bridgehead atoms. The van der Waals surface area contributed by atoms with E-state index in [0.717, 1.165) is 6.26 Å². The molecule has 198 valence electrons. The van der Waals surface area contributed by atoms with Crippen molar-refractivity contribution in [1.82, 2.24) is 10.2 Å². The van der Waals surface area contributed by atoms with E-state index < -0.39 is 16.1 Å². The molecule has 0 aliphatic rings. The predicted molar refractivity (Wildman–Crippen MR) is 147 cm³/mol. The fraction of sp³-hybridized carbons (Fsp3) is 0.440. The van der Waals surface area contributed by atoms with Crippen LogP contribution in [0.4, 0.5) is 5.69 Å². The number of hydrogen-bond acceptors (Lipinski definition) is 4. The minimum atomic E-state index is -3.62. The zero-order chi connectivity index (χ0) is 27.2. The van der Waals surface area contributed by atoms with Crippen LogP contribution in [0.15, 0.2) is 36.4 Å². The molecule has 2 aromatic rings. The summed E-state index contributed by atoms with van der Waals surface area (Å²) >= 11 is 18.4. The first-order chi connectivity index (χ1) is 16.7. The summed E-state index contributed by atoms with van der Waals surface area (Å²) in [4.78, 5) is 27.5. The van der Waals surface area contributed by atoms with E-state index in [0.29, 0.717) is 31.9 Å². The third-order valence-corrected chi connectivity index (χ3v) is 7.92. The van der Waals surface area contributed by atoms with Crippen molar-refractivity contribution in [2.75, 3.05) is 17.1 Å². The van der Waals surface area contributed by atoms with Crippen molar-refractivity contribution in [2.45, 2.75) is 59.2 Å². The summed E-state index contributed by atoms with van der Waals surface area (Å²) in [5.74, 6) is -0.575. The lowest BCUT2D eigenvalue weighted by Gasteiger charge is -2.30. The normalized spacial score (nSPS) is 12.4. The minimum absolute atomic E-state index is 0.0340. The van der Waals surface area contributed by atoms with Crippen molar-refractivity contribution in [3.63, 3.8) is 0 Å². The largest absolute Gasteiger partial charge is 0.352 e. The Labute approximate surface area is 228 Å². The molecule has 0 spiro atoms. The molecule has 0 heterocycles. The SMILES string of the molecule is Cc1c(Cl)cccc1N(CCCC(=O)N(Cc1ccc(Cl)c(Cl)c1)C(C)C(=O)NC(C)C)S(C)(=O)=O. The molecular formula is C25H32Cl3N3O4S. The van der Waals surface area contributed by atoms with Crippen molar-refractivity contribution < 1.29 is 18.0 Å². The Balaban J connectivity index is 2.23. The number of carbonyl (C=O) groups excluding carboxylic acids is 2. The monoisotopic (exact) mass is 575 g/mol.